The number of hydrogen-bond donors (Lipinski definition) is 2. The van der Waals surface area contributed by atoms with Crippen LogP contribution in [0.15, 0.2) is 24.3 Å². The summed E-state index contributed by atoms with van der Waals surface area (Å²) in [5, 5.41) is 10.1. The van der Waals surface area contributed by atoms with Crippen molar-refractivity contribution in [1.82, 2.24) is 0 Å². The van der Waals surface area contributed by atoms with Gasteiger partial charge < -0.3 is 15.7 Å². The van der Waals surface area contributed by atoms with E-state index in [1.165, 1.54) is 11.3 Å². The maximum Gasteiger partial charge on any atom is 0.0566 e. The Morgan fingerprint density at radius 1 is 1.35 bits per heavy atom. The Morgan fingerprint density at radius 2 is 2.10 bits per heavy atom. The van der Waals surface area contributed by atoms with Gasteiger partial charge in [0, 0.05) is 24.8 Å². The summed E-state index contributed by atoms with van der Waals surface area (Å²) in [4.78, 5) is 2.37. The predicted octanol–water partition coefficient (Wildman–Crippen LogP) is 2.56. The molecule has 3 unspecified atom stereocenters. The molecule has 0 spiro atoms. The summed E-state index contributed by atoms with van der Waals surface area (Å²) < 4.78 is 0. The topological polar surface area (TPSA) is 49.5 Å². The number of anilines is 1. The van der Waals surface area contributed by atoms with Crippen molar-refractivity contribution in [1.29, 1.82) is 0 Å². The highest BCUT2D eigenvalue weighted by atomic mass is 16.3. The molecule has 0 amide bonds. The maximum absolute atomic E-state index is 10.1. The molecule has 1 aliphatic rings. The molecule has 0 bridgehead atoms. The summed E-state index contributed by atoms with van der Waals surface area (Å²) in [5.41, 5.74) is 8.75. The van der Waals surface area contributed by atoms with Crippen LogP contribution in [0.1, 0.15) is 32.3 Å². The molecule has 1 fully saturated rings. The third-order valence-corrected chi connectivity index (χ3v) is 4.28. The van der Waals surface area contributed by atoms with E-state index in [1.807, 2.05) is 0 Å². The van der Waals surface area contributed by atoms with Crippen LogP contribution < -0.4 is 10.6 Å². The Kier molecular flexibility index (Phi) is 5.06. The number of aliphatic hydroxyl groups excluding tert-OH is 1. The van der Waals surface area contributed by atoms with Crippen molar-refractivity contribution in [2.24, 2.45) is 17.6 Å². The van der Waals surface area contributed by atoms with E-state index >= 15 is 0 Å². The van der Waals surface area contributed by atoms with Gasteiger partial charge in [0.2, 0.25) is 0 Å². The molecule has 3 heteroatoms. The number of aliphatic hydroxyl groups is 1. The van der Waals surface area contributed by atoms with Gasteiger partial charge in [-0.25, -0.2) is 0 Å². The summed E-state index contributed by atoms with van der Waals surface area (Å²) in [6, 6.07) is 8.79. The Morgan fingerprint density at radius 3 is 2.75 bits per heavy atom. The maximum atomic E-state index is 10.1. The summed E-state index contributed by atoms with van der Waals surface area (Å²) >= 11 is 0. The van der Waals surface area contributed by atoms with Crippen LogP contribution in [-0.4, -0.2) is 30.3 Å². The normalized spacial score (nSPS) is 25.0. The summed E-state index contributed by atoms with van der Waals surface area (Å²) in [6.07, 6.45) is 1.66. The van der Waals surface area contributed by atoms with Crippen LogP contribution in [0, 0.1) is 18.8 Å². The molecule has 0 aliphatic carbocycles. The fraction of sp³-hybridized carbons (Fsp3) is 0.647. The first kappa shape index (κ1) is 15.3. The highest BCUT2D eigenvalue weighted by molar-refractivity contribution is 5.49. The highest BCUT2D eigenvalue weighted by Gasteiger charge is 2.27. The second kappa shape index (κ2) is 6.59. The van der Waals surface area contributed by atoms with Crippen molar-refractivity contribution in [3.8, 4) is 0 Å². The van der Waals surface area contributed by atoms with Crippen molar-refractivity contribution in [2.75, 3.05) is 18.0 Å². The molecule has 0 saturated carbocycles. The zero-order chi connectivity index (χ0) is 14.7. The molecule has 0 radical (unpaired) electrons. The Hall–Kier alpha value is -1.06. The van der Waals surface area contributed by atoms with Crippen molar-refractivity contribution in [3.63, 3.8) is 0 Å². The molecule has 1 saturated heterocycles. The van der Waals surface area contributed by atoms with Gasteiger partial charge in [-0.2, -0.15) is 0 Å². The van der Waals surface area contributed by atoms with E-state index < -0.39 is 0 Å². The van der Waals surface area contributed by atoms with E-state index in [0.717, 1.165) is 25.9 Å². The fourth-order valence-electron chi connectivity index (χ4n) is 3.07. The van der Waals surface area contributed by atoms with Gasteiger partial charge in [-0.1, -0.05) is 26.0 Å². The lowest BCUT2D eigenvalue weighted by molar-refractivity contribution is 0.0922. The zero-order valence-corrected chi connectivity index (χ0v) is 12.9. The number of hydrogen-bond acceptors (Lipinski definition) is 3. The van der Waals surface area contributed by atoms with Crippen LogP contribution in [0.25, 0.3) is 0 Å². The molecule has 2 rings (SSSR count). The summed E-state index contributed by atoms with van der Waals surface area (Å²) in [7, 11) is 0. The van der Waals surface area contributed by atoms with Crippen LogP contribution in [0.3, 0.4) is 0 Å². The summed E-state index contributed by atoms with van der Waals surface area (Å²) in [5.74, 6) is 0.803. The van der Waals surface area contributed by atoms with Gasteiger partial charge in [0.1, 0.15) is 0 Å². The molecular weight excluding hydrogens is 248 g/mol. The van der Waals surface area contributed by atoms with Crippen molar-refractivity contribution >= 4 is 5.69 Å². The smallest absolute Gasteiger partial charge is 0.0566 e. The highest BCUT2D eigenvalue weighted by Crippen LogP contribution is 2.27. The largest absolute Gasteiger partial charge is 0.393 e. The van der Waals surface area contributed by atoms with E-state index in [4.69, 9.17) is 5.73 Å². The van der Waals surface area contributed by atoms with Crippen LogP contribution in [0.5, 0.6) is 0 Å². The Labute approximate surface area is 122 Å². The third kappa shape index (κ3) is 3.97. The van der Waals surface area contributed by atoms with Crippen molar-refractivity contribution < 1.29 is 5.11 Å². The lowest BCUT2D eigenvalue weighted by atomic mass is 9.87. The van der Waals surface area contributed by atoms with Crippen LogP contribution in [0.4, 0.5) is 5.69 Å². The quantitative estimate of drug-likeness (QED) is 0.888. The number of aryl methyl sites for hydroxylation is 1. The second-order valence-corrected chi connectivity index (χ2v) is 6.65. The molecular formula is C17H28N2O. The predicted molar refractivity (Wildman–Crippen MR) is 84.9 cm³/mol. The van der Waals surface area contributed by atoms with Gasteiger partial charge in [0.25, 0.3) is 0 Å². The van der Waals surface area contributed by atoms with Crippen LogP contribution >= 0.6 is 0 Å². The molecule has 1 aromatic rings. The average Bonchev–Trinajstić information content (AvgIpc) is 2.37. The zero-order valence-electron chi connectivity index (χ0n) is 12.9. The molecule has 0 aromatic heterocycles. The van der Waals surface area contributed by atoms with Gasteiger partial charge >= 0.3 is 0 Å². The summed E-state index contributed by atoms with van der Waals surface area (Å²) in [6.45, 7) is 8.18. The first-order valence-corrected chi connectivity index (χ1v) is 7.71. The van der Waals surface area contributed by atoms with Crippen molar-refractivity contribution in [2.45, 2.75) is 45.8 Å². The number of nitrogens with two attached hydrogens (primary N) is 1. The fourth-order valence-corrected chi connectivity index (χ4v) is 3.07. The minimum Gasteiger partial charge on any atom is -0.393 e. The number of benzene rings is 1. The standard InChI is InChI=1S/C17H28N2O/c1-12(2)17(20)9-14-8-15(18)11-19(10-14)16-6-4-5-13(3)7-16/h4-7,12,14-15,17,20H,8-11,18H2,1-3H3. The number of piperidine rings is 1. The van der Waals surface area contributed by atoms with Crippen LogP contribution in [-0.2, 0) is 0 Å². The molecule has 112 valence electrons. The average molecular weight is 276 g/mol. The minimum absolute atomic E-state index is 0.202. The van der Waals surface area contributed by atoms with E-state index in [9.17, 15) is 5.11 Å². The van der Waals surface area contributed by atoms with E-state index in [0.29, 0.717) is 11.8 Å². The molecule has 3 nitrogen and oxygen atoms in total. The lowest BCUT2D eigenvalue weighted by Gasteiger charge is -2.39. The molecule has 20 heavy (non-hydrogen) atoms. The van der Waals surface area contributed by atoms with Gasteiger partial charge in [-0.15, -0.1) is 0 Å². The first-order chi connectivity index (χ1) is 9.45. The Balaban J connectivity index is 2.04. The van der Waals surface area contributed by atoms with E-state index in [2.05, 4.69) is 49.9 Å². The molecule has 3 atom stereocenters. The van der Waals surface area contributed by atoms with E-state index in [1.54, 1.807) is 0 Å². The molecule has 1 aliphatic heterocycles. The SMILES string of the molecule is Cc1cccc(N2CC(N)CC(CC(O)C(C)C)C2)c1. The molecule has 1 heterocycles. The third-order valence-electron chi connectivity index (χ3n) is 4.28. The van der Waals surface area contributed by atoms with Gasteiger partial charge in [-0.05, 0) is 49.3 Å². The first-order valence-electron chi connectivity index (χ1n) is 7.71. The van der Waals surface area contributed by atoms with Gasteiger partial charge in [0.05, 0.1) is 6.10 Å². The van der Waals surface area contributed by atoms with E-state index in [-0.39, 0.29) is 12.1 Å². The molecule has 3 N–H and O–H groups in total. The lowest BCUT2D eigenvalue weighted by Crippen LogP contribution is -2.48. The number of nitrogens with zero attached hydrogens (tertiary/aromatic N) is 1. The monoisotopic (exact) mass is 276 g/mol. The molecule has 1 aromatic carbocycles. The van der Waals surface area contributed by atoms with Gasteiger partial charge in [0.15, 0.2) is 0 Å². The van der Waals surface area contributed by atoms with Crippen LogP contribution in [0.2, 0.25) is 0 Å². The Bertz CT molecular complexity index is 433. The minimum atomic E-state index is -0.218. The second-order valence-electron chi connectivity index (χ2n) is 6.65. The number of rotatable bonds is 4. The van der Waals surface area contributed by atoms with Crippen molar-refractivity contribution in [3.05, 3.63) is 29.8 Å². The van der Waals surface area contributed by atoms with Gasteiger partial charge in [-0.3, -0.25) is 0 Å².